The van der Waals surface area contributed by atoms with Crippen molar-refractivity contribution in [1.82, 2.24) is 5.32 Å². The van der Waals surface area contributed by atoms with Crippen molar-refractivity contribution in [2.24, 2.45) is 0 Å². The van der Waals surface area contributed by atoms with Gasteiger partial charge in [0.05, 0.1) is 12.2 Å². The lowest BCUT2D eigenvalue weighted by atomic mass is 9.94. The monoisotopic (exact) mass is 525 g/mol. The van der Waals surface area contributed by atoms with Crippen LogP contribution in [0.5, 0.6) is 5.75 Å². The number of aliphatic carboxylic acids is 1. The van der Waals surface area contributed by atoms with Crippen molar-refractivity contribution in [3.8, 4) is 5.75 Å². The van der Waals surface area contributed by atoms with Gasteiger partial charge in [0.15, 0.2) is 11.6 Å². The summed E-state index contributed by atoms with van der Waals surface area (Å²) in [6, 6.07) is 15.1. The Kier molecular flexibility index (Phi) is 8.58. The molecule has 0 radical (unpaired) electrons. The Morgan fingerprint density at radius 3 is 2.53 bits per heavy atom. The van der Waals surface area contributed by atoms with E-state index >= 15 is 0 Å². The molecule has 4 rings (SSSR count). The van der Waals surface area contributed by atoms with Crippen LogP contribution in [0.1, 0.15) is 36.7 Å². The van der Waals surface area contributed by atoms with Crippen LogP contribution in [0.3, 0.4) is 0 Å². The normalized spacial score (nSPS) is 26.3. The average Bonchev–Trinajstić information content (AvgIpc) is 2.87. The molecule has 0 spiro atoms. The lowest BCUT2D eigenvalue weighted by Crippen LogP contribution is -2.69. The molecular weight excluding hydrogens is 494 g/mol. The van der Waals surface area contributed by atoms with Crippen molar-refractivity contribution in [3.63, 3.8) is 0 Å². The summed E-state index contributed by atoms with van der Waals surface area (Å²) < 4.78 is 29.8. The third-order valence-electron chi connectivity index (χ3n) is 6.05. The fraction of sp³-hybridized carbons (Fsp3) is 0.393. The van der Waals surface area contributed by atoms with Gasteiger partial charge in [-0.05, 0) is 37.6 Å². The summed E-state index contributed by atoms with van der Waals surface area (Å²) in [6.45, 7) is 4.26. The van der Waals surface area contributed by atoms with Gasteiger partial charge in [-0.15, -0.1) is 0 Å². The lowest BCUT2D eigenvalue weighted by Gasteiger charge is -2.50. The molecule has 2 aliphatic heterocycles. The molecule has 2 heterocycles. The van der Waals surface area contributed by atoms with E-state index in [2.05, 4.69) is 5.32 Å². The molecule has 2 aromatic carbocycles. The van der Waals surface area contributed by atoms with Crippen LogP contribution in [0.2, 0.25) is 0 Å². The van der Waals surface area contributed by atoms with Crippen LogP contribution in [0.25, 0.3) is 6.08 Å². The van der Waals surface area contributed by atoms with Crippen LogP contribution in [-0.2, 0) is 28.5 Å². The molecule has 10 heteroatoms. The molecule has 2 fully saturated rings. The highest BCUT2D eigenvalue weighted by Gasteiger charge is 2.53. The number of carboxylic acids is 1. The number of carboxylic acid groups (broad SMARTS) is 1. The van der Waals surface area contributed by atoms with Crippen LogP contribution in [-0.4, -0.2) is 72.4 Å². The van der Waals surface area contributed by atoms with Crippen molar-refractivity contribution in [2.45, 2.75) is 57.2 Å². The number of amides is 1. The van der Waals surface area contributed by atoms with Crippen LogP contribution in [0.4, 0.5) is 0 Å². The minimum atomic E-state index is -1.18. The molecule has 38 heavy (non-hydrogen) atoms. The van der Waals surface area contributed by atoms with E-state index in [-0.39, 0.29) is 23.7 Å². The van der Waals surface area contributed by atoms with Gasteiger partial charge in [0, 0.05) is 6.92 Å². The highest BCUT2D eigenvalue weighted by Crippen LogP contribution is 2.35. The van der Waals surface area contributed by atoms with Crippen molar-refractivity contribution in [3.05, 3.63) is 71.8 Å². The predicted molar refractivity (Wildman–Crippen MR) is 135 cm³/mol. The van der Waals surface area contributed by atoms with E-state index in [1.807, 2.05) is 30.3 Å². The number of para-hydroxylation sites is 1. The zero-order chi connectivity index (χ0) is 27.3. The number of ether oxygens (including phenoxy) is 5. The first-order valence-corrected chi connectivity index (χ1v) is 12.2. The SMILES string of the molecule is CC(=O)NC1C(Oc2ccccc2C(=O)/C=C/c2ccccc2)OC2COC(C)(C)OC2C1OCC(=O)O. The smallest absolute Gasteiger partial charge is 0.329 e. The fourth-order valence-corrected chi connectivity index (χ4v) is 4.40. The molecular formula is C28H31NO9. The Morgan fingerprint density at radius 1 is 1.11 bits per heavy atom. The van der Waals surface area contributed by atoms with E-state index in [0.717, 1.165) is 5.56 Å². The number of hydrogen-bond donors (Lipinski definition) is 2. The third kappa shape index (κ3) is 6.84. The largest absolute Gasteiger partial charge is 0.480 e. The summed E-state index contributed by atoms with van der Waals surface area (Å²) in [5.41, 5.74) is 1.15. The van der Waals surface area contributed by atoms with Gasteiger partial charge in [0.25, 0.3) is 0 Å². The third-order valence-corrected chi connectivity index (χ3v) is 6.05. The van der Waals surface area contributed by atoms with E-state index in [1.165, 1.54) is 13.0 Å². The topological polar surface area (TPSA) is 130 Å². The van der Waals surface area contributed by atoms with Gasteiger partial charge in [0.1, 0.15) is 36.7 Å². The highest BCUT2D eigenvalue weighted by molar-refractivity contribution is 6.08. The second-order valence-electron chi connectivity index (χ2n) is 9.45. The van der Waals surface area contributed by atoms with Gasteiger partial charge >= 0.3 is 5.97 Å². The molecule has 0 aliphatic carbocycles. The molecule has 202 valence electrons. The number of carbonyl (C=O) groups is 3. The Hall–Kier alpha value is -3.57. The first-order chi connectivity index (χ1) is 18.1. The molecule has 2 aromatic rings. The number of hydrogen-bond acceptors (Lipinski definition) is 8. The molecule has 2 N–H and O–H groups in total. The zero-order valence-electron chi connectivity index (χ0n) is 21.4. The predicted octanol–water partition coefficient (Wildman–Crippen LogP) is 2.81. The van der Waals surface area contributed by atoms with Crippen LogP contribution in [0.15, 0.2) is 60.7 Å². The summed E-state index contributed by atoms with van der Waals surface area (Å²) in [4.78, 5) is 36.6. The maximum atomic E-state index is 13.1. The lowest BCUT2D eigenvalue weighted by molar-refractivity contribution is -0.364. The van der Waals surface area contributed by atoms with E-state index in [0.29, 0.717) is 0 Å². The molecule has 5 unspecified atom stereocenters. The Balaban J connectivity index is 1.62. The van der Waals surface area contributed by atoms with Crippen LogP contribution in [0, 0.1) is 0 Å². The van der Waals surface area contributed by atoms with Gasteiger partial charge in [-0.1, -0.05) is 48.5 Å². The van der Waals surface area contributed by atoms with Crippen molar-refractivity contribution < 1.29 is 43.2 Å². The number of allylic oxidation sites excluding steroid dienone is 1. The van der Waals surface area contributed by atoms with E-state index in [1.54, 1.807) is 44.2 Å². The minimum absolute atomic E-state index is 0.123. The average molecular weight is 526 g/mol. The fourth-order valence-electron chi connectivity index (χ4n) is 4.40. The van der Waals surface area contributed by atoms with E-state index < -0.39 is 54.9 Å². The molecule has 0 aromatic heterocycles. The number of fused-ring (bicyclic) bond motifs is 1. The van der Waals surface area contributed by atoms with E-state index in [9.17, 15) is 19.5 Å². The maximum Gasteiger partial charge on any atom is 0.329 e. The molecule has 5 atom stereocenters. The number of carbonyl (C=O) groups excluding carboxylic acids is 2. The van der Waals surface area contributed by atoms with Gasteiger partial charge < -0.3 is 34.1 Å². The van der Waals surface area contributed by atoms with E-state index in [4.69, 9.17) is 23.7 Å². The number of rotatable bonds is 9. The minimum Gasteiger partial charge on any atom is -0.480 e. The van der Waals surface area contributed by atoms with Gasteiger partial charge in [-0.25, -0.2) is 4.79 Å². The van der Waals surface area contributed by atoms with Crippen LogP contribution >= 0.6 is 0 Å². The van der Waals surface area contributed by atoms with Crippen molar-refractivity contribution in [1.29, 1.82) is 0 Å². The van der Waals surface area contributed by atoms with Gasteiger partial charge in [-0.2, -0.15) is 0 Å². The first-order valence-electron chi connectivity index (χ1n) is 12.2. The van der Waals surface area contributed by atoms with Crippen molar-refractivity contribution >= 4 is 23.7 Å². The molecule has 0 saturated carbocycles. The summed E-state index contributed by atoms with van der Waals surface area (Å²) in [5, 5.41) is 12.0. The zero-order valence-corrected chi connectivity index (χ0v) is 21.4. The summed E-state index contributed by atoms with van der Waals surface area (Å²) >= 11 is 0. The molecule has 2 saturated heterocycles. The standard InChI is InChI=1S/C28H31NO9/c1-17(30)29-24-26(34-16-23(32)33)25-22(15-35-28(2,3)38-25)37-27(24)36-21-12-8-7-11-19(21)20(31)14-13-18-9-5-4-6-10-18/h4-14,22,24-27H,15-16H2,1-3H3,(H,29,30)(H,32,33)/b14-13+. The highest BCUT2D eigenvalue weighted by atomic mass is 16.8. The number of benzene rings is 2. The molecule has 0 bridgehead atoms. The van der Waals surface area contributed by atoms with Crippen LogP contribution < -0.4 is 10.1 Å². The maximum absolute atomic E-state index is 13.1. The Labute approximate surface area is 220 Å². The molecule has 10 nitrogen and oxygen atoms in total. The van der Waals surface area contributed by atoms with Gasteiger partial charge in [0.2, 0.25) is 12.2 Å². The number of ketones is 1. The van der Waals surface area contributed by atoms with Crippen molar-refractivity contribution in [2.75, 3.05) is 13.2 Å². The Morgan fingerprint density at radius 2 is 1.82 bits per heavy atom. The summed E-state index contributed by atoms with van der Waals surface area (Å²) in [5.74, 6) is -2.63. The Bertz CT molecular complexity index is 1180. The first kappa shape index (κ1) is 27.5. The summed E-state index contributed by atoms with van der Waals surface area (Å²) in [7, 11) is 0. The van der Waals surface area contributed by atoms with Gasteiger partial charge in [-0.3, -0.25) is 9.59 Å². The summed E-state index contributed by atoms with van der Waals surface area (Å²) in [6.07, 6.45) is -0.361. The molecule has 1 amide bonds. The quantitative estimate of drug-likeness (QED) is 0.375. The number of nitrogens with one attached hydrogen (secondary N) is 1. The second-order valence-corrected chi connectivity index (χ2v) is 9.45. The second kappa shape index (κ2) is 11.9. The molecule has 2 aliphatic rings.